The Morgan fingerprint density at radius 2 is 2.38 bits per heavy atom. The molecule has 1 radical (unpaired) electrons. The molecule has 0 unspecified atom stereocenters. The van der Waals surface area contributed by atoms with Crippen LogP contribution in [0.5, 0.6) is 0 Å². The Bertz CT molecular complexity index is 116. The predicted octanol–water partition coefficient (Wildman–Crippen LogP) is 0.490. The molecule has 0 N–H and O–H groups in total. The van der Waals surface area contributed by atoms with E-state index >= 15 is 0 Å². The number of hydrogen-bond acceptors (Lipinski definition) is 1. The zero-order valence-corrected chi connectivity index (χ0v) is 4.68. The second-order valence-corrected chi connectivity index (χ2v) is 1.89. The molecule has 2 heteroatoms. The van der Waals surface area contributed by atoms with Gasteiger partial charge in [0.05, 0.1) is 0 Å². The summed E-state index contributed by atoms with van der Waals surface area (Å²) in [7, 11) is 0. The molecule has 2 nitrogen and oxygen atoms in total. The molecule has 1 rings (SSSR count). The van der Waals surface area contributed by atoms with Crippen molar-refractivity contribution in [1.29, 1.82) is 0 Å². The van der Waals surface area contributed by atoms with Gasteiger partial charge in [-0.15, -0.1) is 0 Å². The van der Waals surface area contributed by atoms with E-state index in [1.165, 1.54) is 0 Å². The molecular weight excluding hydrogens is 102 g/mol. The quantitative estimate of drug-likeness (QED) is 0.417. The maximum Gasteiger partial charge on any atom is 0.147 e. The molecule has 1 aliphatic rings. The lowest BCUT2D eigenvalue weighted by Crippen LogP contribution is -2.12. The lowest BCUT2D eigenvalue weighted by molar-refractivity contribution is 0.544. The summed E-state index contributed by atoms with van der Waals surface area (Å²) in [6.07, 6.45) is 3.07. The molecule has 1 aliphatic heterocycles. The Hall–Kier alpha value is -0.750. The minimum atomic E-state index is 0.622. The summed E-state index contributed by atoms with van der Waals surface area (Å²) >= 11 is 0. The van der Waals surface area contributed by atoms with Crippen molar-refractivity contribution in [2.45, 2.75) is 19.3 Å². The third-order valence-corrected chi connectivity index (χ3v) is 1.24. The molecule has 1 saturated heterocycles. The van der Waals surface area contributed by atoms with E-state index in [2.05, 4.69) is 5.32 Å². The number of rotatable bonds is 0. The Morgan fingerprint density at radius 1 is 1.50 bits per heavy atom. The maximum absolute atomic E-state index is 9.90. The zero-order chi connectivity index (χ0) is 5.82. The highest BCUT2D eigenvalue weighted by atomic mass is 16.1. The summed E-state index contributed by atoms with van der Waals surface area (Å²) < 4.78 is 0. The van der Waals surface area contributed by atoms with Crippen molar-refractivity contribution in [2.24, 2.45) is 0 Å². The van der Waals surface area contributed by atoms with Crippen LogP contribution >= 0.6 is 0 Å². The highest BCUT2D eigenvalue weighted by Gasteiger charge is 2.04. The molecule has 0 aromatic carbocycles. The van der Waals surface area contributed by atoms with Crippen LogP contribution in [0.3, 0.4) is 0 Å². The van der Waals surface area contributed by atoms with E-state index < -0.39 is 0 Å². The van der Waals surface area contributed by atoms with E-state index in [9.17, 15) is 4.79 Å². The fraction of sp³-hybridized carbons (Fsp3) is 0.667. The first-order valence-electron chi connectivity index (χ1n) is 2.85. The van der Waals surface area contributed by atoms with E-state index in [4.69, 9.17) is 0 Å². The van der Waals surface area contributed by atoms with Crippen LogP contribution in [0.4, 0.5) is 0 Å². The standard InChI is InChI=1S/C6H8NO/c8-5-6-3-1-2-4-7-6/h1-4H2. The molecule has 0 bridgehead atoms. The largest absolute Gasteiger partial charge is 0.278 e. The molecule has 43 valence electrons. The Morgan fingerprint density at radius 3 is 2.75 bits per heavy atom. The van der Waals surface area contributed by atoms with Gasteiger partial charge in [-0.25, -0.2) is 4.79 Å². The van der Waals surface area contributed by atoms with E-state index in [0.29, 0.717) is 5.70 Å². The normalized spacial score (nSPS) is 19.2. The third-order valence-electron chi connectivity index (χ3n) is 1.24. The Labute approximate surface area is 48.6 Å². The number of nitrogens with zero attached hydrogens (tertiary/aromatic N) is 1. The molecule has 0 aromatic heterocycles. The summed E-state index contributed by atoms with van der Waals surface area (Å²) in [4.78, 5) is 9.90. The van der Waals surface area contributed by atoms with Gasteiger partial charge in [-0.3, -0.25) is 5.32 Å². The Balaban J connectivity index is 2.45. The third kappa shape index (κ3) is 1.11. The fourth-order valence-electron chi connectivity index (χ4n) is 0.781. The van der Waals surface area contributed by atoms with Crippen LogP contribution in [0.15, 0.2) is 5.70 Å². The van der Waals surface area contributed by atoms with Gasteiger partial charge in [0.1, 0.15) is 11.6 Å². The molecule has 0 amide bonds. The van der Waals surface area contributed by atoms with Gasteiger partial charge in [-0.05, 0) is 12.8 Å². The summed E-state index contributed by atoms with van der Waals surface area (Å²) in [6, 6.07) is 0. The van der Waals surface area contributed by atoms with Crippen molar-refractivity contribution in [3.05, 3.63) is 5.70 Å². The topological polar surface area (TPSA) is 31.2 Å². The van der Waals surface area contributed by atoms with Gasteiger partial charge in [-0.1, -0.05) is 0 Å². The van der Waals surface area contributed by atoms with Gasteiger partial charge in [0.25, 0.3) is 0 Å². The van der Waals surface area contributed by atoms with Crippen molar-refractivity contribution >= 4 is 5.94 Å². The maximum atomic E-state index is 9.90. The molecule has 0 saturated carbocycles. The second-order valence-electron chi connectivity index (χ2n) is 1.89. The molecule has 0 aliphatic carbocycles. The van der Waals surface area contributed by atoms with Crippen molar-refractivity contribution in [2.75, 3.05) is 6.54 Å². The van der Waals surface area contributed by atoms with Crippen LogP contribution in [0, 0.1) is 0 Å². The highest BCUT2D eigenvalue weighted by Crippen LogP contribution is 2.07. The Kier molecular flexibility index (Phi) is 1.70. The van der Waals surface area contributed by atoms with E-state index in [0.717, 1.165) is 25.8 Å². The lowest BCUT2D eigenvalue weighted by Gasteiger charge is -2.08. The van der Waals surface area contributed by atoms with E-state index in [-0.39, 0.29) is 0 Å². The predicted molar refractivity (Wildman–Crippen MR) is 30.1 cm³/mol. The molecule has 0 aromatic rings. The molecular formula is C6H8NO. The summed E-state index contributed by atoms with van der Waals surface area (Å²) in [5.74, 6) is 1.80. The van der Waals surface area contributed by atoms with E-state index in [1.54, 1.807) is 5.94 Å². The first kappa shape index (κ1) is 5.39. The fourth-order valence-corrected chi connectivity index (χ4v) is 0.781. The van der Waals surface area contributed by atoms with Crippen molar-refractivity contribution in [3.63, 3.8) is 0 Å². The second kappa shape index (κ2) is 2.53. The number of allylic oxidation sites excluding steroid dienone is 1. The smallest absolute Gasteiger partial charge is 0.147 e. The van der Waals surface area contributed by atoms with Crippen LogP contribution in [0.2, 0.25) is 0 Å². The first-order valence-corrected chi connectivity index (χ1v) is 2.85. The molecule has 8 heavy (non-hydrogen) atoms. The van der Waals surface area contributed by atoms with Gasteiger partial charge in [0.2, 0.25) is 0 Å². The average molecular weight is 110 g/mol. The molecule has 1 heterocycles. The lowest BCUT2D eigenvalue weighted by atomic mass is 10.1. The van der Waals surface area contributed by atoms with Crippen molar-refractivity contribution in [3.8, 4) is 0 Å². The van der Waals surface area contributed by atoms with Gasteiger partial charge in [0, 0.05) is 13.0 Å². The summed E-state index contributed by atoms with van der Waals surface area (Å²) in [5, 5.41) is 3.94. The van der Waals surface area contributed by atoms with Crippen LogP contribution in [0.25, 0.3) is 0 Å². The highest BCUT2D eigenvalue weighted by molar-refractivity contribution is 5.51. The monoisotopic (exact) mass is 110 g/mol. The molecule has 0 atom stereocenters. The van der Waals surface area contributed by atoms with Gasteiger partial charge < -0.3 is 0 Å². The zero-order valence-electron chi connectivity index (χ0n) is 4.68. The van der Waals surface area contributed by atoms with Crippen LogP contribution in [-0.2, 0) is 4.79 Å². The van der Waals surface area contributed by atoms with E-state index in [1.807, 2.05) is 0 Å². The summed E-state index contributed by atoms with van der Waals surface area (Å²) in [6.45, 7) is 0.824. The number of piperidine rings is 1. The van der Waals surface area contributed by atoms with Crippen molar-refractivity contribution in [1.82, 2.24) is 5.32 Å². The summed E-state index contributed by atoms with van der Waals surface area (Å²) in [5.41, 5.74) is 0.622. The average Bonchev–Trinajstić information content (AvgIpc) is 1.90. The minimum Gasteiger partial charge on any atom is -0.278 e. The molecule has 0 spiro atoms. The van der Waals surface area contributed by atoms with Gasteiger partial charge >= 0.3 is 0 Å². The SMILES string of the molecule is O=C=C1CCCC[N]1. The minimum absolute atomic E-state index is 0.622. The van der Waals surface area contributed by atoms with Crippen LogP contribution < -0.4 is 5.32 Å². The molecule has 1 fully saturated rings. The first-order chi connectivity index (χ1) is 3.93. The van der Waals surface area contributed by atoms with Crippen molar-refractivity contribution < 1.29 is 4.79 Å². The number of carbonyl (C=O) groups excluding carboxylic acids is 1. The van der Waals surface area contributed by atoms with Gasteiger partial charge in [-0.2, -0.15) is 0 Å². The van der Waals surface area contributed by atoms with Crippen LogP contribution in [0.1, 0.15) is 19.3 Å². The van der Waals surface area contributed by atoms with Crippen LogP contribution in [-0.4, -0.2) is 12.5 Å². The number of hydrogen-bond donors (Lipinski definition) is 0. The van der Waals surface area contributed by atoms with Gasteiger partial charge in [0.15, 0.2) is 0 Å².